The van der Waals surface area contributed by atoms with Crippen LogP contribution in [-0.4, -0.2) is 16.2 Å². The Hall–Kier alpha value is -0.860. The molecular weight excluding hydrogens is 107 g/mol. The van der Waals surface area contributed by atoms with E-state index in [0.717, 1.165) is 0 Å². The minimum absolute atomic E-state index is 0.330. The smallest absolute Gasteiger partial charge is 0.177 e. The highest BCUT2D eigenvalue weighted by atomic mass is 19.1. The van der Waals surface area contributed by atoms with Gasteiger partial charge in [-0.15, -0.1) is 0 Å². The van der Waals surface area contributed by atoms with Crippen molar-refractivity contribution in [2.45, 2.75) is 6.54 Å². The van der Waals surface area contributed by atoms with Gasteiger partial charge in [0.25, 0.3) is 0 Å². The fourth-order valence-corrected chi connectivity index (χ4v) is 0.426. The highest BCUT2D eigenvalue weighted by Crippen LogP contribution is 1.82. The average molecular weight is 112 g/mol. The second-order valence-electron chi connectivity index (χ2n) is 1.35. The summed E-state index contributed by atoms with van der Waals surface area (Å²) in [5.74, 6) is 0. The summed E-state index contributed by atoms with van der Waals surface area (Å²) in [5, 5.41) is 0. The summed E-state index contributed by atoms with van der Waals surface area (Å²) in [5.41, 5.74) is 0. The summed E-state index contributed by atoms with van der Waals surface area (Å²) in [6.45, 7) is -0.0444. The van der Waals surface area contributed by atoms with Crippen LogP contribution in [-0.2, 0) is 6.54 Å². The Labute approximate surface area is 47.0 Å². The second-order valence-corrected chi connectivity index (χ2v) is 1.35. The van der Waals surface area contributed by atoms with Crippen LogP contribution in [0.5, 0.6) is 0 Å². The molecule has 1 rings (SSSR count). The average Bonchev–Trinajstić information content (AvgIpc) is 2.19. The van der Waals surface area contributed by atoms with Crippen molar-refractivity contribution in [1.82, 2.24) is 9.55 Å². The molecule has 0 fully saturated rings. The van der Waals surface area contributed by atoms with Gasteiger partial charge in [-0.25, -0.2) is 9.37 Å². The van der Waals surface area contributed by atoms with Crippen molar-refractivity contribution in [3.05, 3.63) is 18.7 Å². The highest BCUT2D eigenvalue weighted by Gasteiger charge is 1.85. The lowest BCUT2D eigenvalue weighted by atomic mass is 10.7. The number of imidazole rings is 1. The maximum absolute atomic E-state index is 11.5. The Morgan fingerprint density at radius 3 is 3.12 bits per heavy atom. The van der Waals surface area contributed by atoms with Crippen LogP contribution in [0.25, 0.3) is 0 Å². The lowest BCUT2D eigenvalue weighted by Crippen LogP contribution is -1.94. The Morgan fingerprint density at radius 2 is 2.62 bits per heavy atom. The lowest BCUT2D eigenvalue weighted by molar-refractivity contribution is 0.444. The summed E-state index contributed by atoms with van der Waals surface area (Å²) in [7, 11) is 0. The zero-order chi connectivity index (χ0) is 5.82. The van der Waals surface area contributed by atoms with Crippen LogP contribution in [0.4, 0.5) is 4.39 Å². The normalized spacial score (nSPS) is 9.62. The predicted molar refractivity (Wildman–Crippen MR) is 25.9 cm³/mol. The number of rotatable bonds is 2. The van der Waals surface area contributed by atoms with Gasteiger partial charge in [0, 0.05) is 6.20 Å². The van der Waals surface area contributed by atoms with Gasteiger partial charge in [-0.3, -0.25) is 0 Å². The molecule has 42 valence electrons. The lowest BCUT2D eigenvalue weighted by Gasteiger charge is -1.90. The third-order valence-electron chi connectivity index (χ3n) is 0.782. The van der Waals surface area contributed by atoms with Crippen LogP contribution in [0.3, 0.4) is 0 Å². The van der Waals surface area contributed by atoms with E-state index in [0.29, 0.717) is 6.54 Å². The van der Waals surface area contributed by atoms with E-state index in [1.807, 2.05) is 0 Å². The summed E-state index contributed by atoms with van der Waals surface area (Å²) < 4.78 is 13.0. The van der Waals surface area contributed by atoms with E-state index in [1.165, 1.54) is 4.57 Å². The fourth-order valence-electron chi connectivity index (χ4n) is 0.426. The van der Waals surface area contributed by atoms with Crippen molar-refractivity contribution in [1.29, 1.82) is 0 Å². The predicted octanol–water partition coefficient (Wildman–Crippen LogP) is 0.453. The minimum atomic E-state index is -0.374. The van der Waals surface area contributed by atoms with Gasteiger partial charge < -0.3 is 4.57 Å². The number of hydrogen-bond acceptors (Lipinski definition) is 1. The van der Waals surface area contributed by atoms with E-state index in [4.69, 9.17) is 0 Å². The Morgan fingerprint density at radius 1 is 1.75 bits per heavy atom. The quantitative estimate of drug-likeness (QED) is 0.543. The molecule has 0 saturated carbocycles. The largest absolute Gasteiger partial charge is 0.325 e. The molecule has 0 aliphatic heterocycles. The number of alkyl halides is 1. The summed E-state index contributed by atoms with van der Waals surface area (Å²) >= 11 is 0. The first-order chi connectivity index (χ1) is 3.93. The van der Waals surface area contributed by atoms with Crippen molar-refractivity contribution in [2.75, 3.05) is 6.67 Å². The molecule has 0 atom stereocenters. The molecule has 1 heterocycles. The van der Waals surface area contributed by atoms with Gasteiger partial charge in [0.05, 0.1) is 6.54 Å². The molecule has 1 aromatic rings. The second kappa shape index (κ2) is 2.45. The minimum Gasteiger partial charge on any atom is -0.325 e. The van der Waals surface area contributed by atoms with Gasteiger partial charge in [0.15, 0.2) is 6.33 Å². The van der Waals surface area contributed by atoms with Gasteiger partial charge in [-0.1, -0.05) is 0 Å². The molecule has 0 amide bonds. The van der Waals surface area contributed by atoms with Gasteiger partial charge in [-0.2, -0.15) is 0 Å². The first kappa shape index (κ1) is 5.28. The number of halogens is 1. The van der Waals surface area contributed by atoms with Gasteiger partial charge >= 0.3 is 0 Å². The van der Waals surface area contributed by atoms with Crippen molar-refractivity contribution in [3.8, 4) is 0 Å². The van der Waals surface area contributed by atoms with E-state index in [-0.39, 0.29) is 6.67 Å². The molecule has 0 bridgehead atoms. The van der Waals surface area contributed by atoms with Crippen LogP contribution in [0.2, 0.25) is 0 Å². The summed E-state index contributed by atoms with van der Waals surface area (Å²) in [6, 6.07) is 0. The molecule has 8 heavy (non-hydrogen) atoms. The standard InChI is InChI=1S/C5H5FN2/c6-1-3-8-4-2-7-5-8/h4H,1,3H2. The third-order valence-corrected chi connectivity index (χ3v) is 0.782. The van der Waals surface area contributed by atoms with E-state index in [9.17, 15) is 4.39 Å². The molecule has 3 heteroatoms. The van der Waals surface area contributed by atoms with E-state index in [2.05, 4.69) is 17.5 Å². The molecule has 0 N–H and O–H groups in total. The maximum atomic E-state index is 11.5. The highest BCUT2D eigenvalue weighted by molar-refractivity contribution is 4.69. The molecule has 0 spiro atoms. The topological polar surface area (TPSA) is 17.8 Å². The molecular formula is C5H5FN2. The van der Waals surface area contributed by atoms with Crippen LogP contribution < -0.4 is 0 Å². The monoisotopic (exact) mass is 112 g/mol. The molecule has 1 aromatic heterocycles. The first-order valence-electron chi connectivity index (χ1n) is 2.30. The summed E-state index contributed by atoms with van der Waals surface area (Å²) in [4.78, 5) is 3.49. The Balaban J connectivity index is 2.50. The number of aryl methyl sites for hydroxylation is 1. The number of nitrogens with zero attached hydrogens (tertiary/aromatic N) is 2. The van der Waals surface area contributed by atoms with Crippen LogP contribution in [0, 0.1) is 12.5 Å². The molecule has 0 aliphatic carbocycles. The molecule has 0 unspecified atom stereocenters. The molecule has 0 saturated heterocycles. The Kier molecular flexibility index (Phi) is 1.62. The van der Waals surface area contributed by atoms with Crippen molar-refractivity contribution in [3.63, 3.8) is 0 Å². The van der Waals surface area contributed by atoms with Crippen LogP contribution >= 0.6 is 0 Å². The zero-order valence-electron chi connectivity index (χ0n) is 4.26. The first-order valence-corrected chi connectivity index (χ1v) is 2.30. The Bertz CT molecular complexity index is 136. The summed E-state index contributed by atoms with van der Waals surface area (Å²) in [6.07, 6.45) is 6.57. The molecule has 2 radical (unpaired) electrons. The third kappa shape index (κ3) is 1.05. The number of aromatic nitrogens is 2. The van der Waals surface area contributed by atoms with Crippen LogP contribution in [0.15, 0.2) is 6.20 Å². The maximum Gasteiger partial charge on any atom is 0.177 e. The molecule has 0 aliphatic rings. The van der Waals surface area contributed by atoms with Crippen LogP contribution in [0.1, 0.15) is 0 Å². The number of hydrogen-bond donors (Lipinski definition) is 0. The van der Waals surface area contributed by atoms with Gasteiger partial charge in [0.1, 0.15) is 12.9 Å². The van der Waals surface area contributed by atoms with Crippen molar-refractivity contribution in [2.24, 2.45) is 0 Å². The zero-order valence-corrected chi connectivity index (χ0v) is 4.26. The van der Waals surface area contributed by atoms with Gasteiger partial charge in [0.2, 0.25) is 0 Å². The van der Waals surface area contributed by atoms with Crippen molar-refractivity contribution >= 4 is 0 Å². The van der Waals surface area contributed by atoms with Gasteiger partial charge in [-0.05, 0) is 0 Å². The molecule has 0 aromatic carbocycles. The molecule has 2 nitrogen and oxygen atoms in total. The fraction of sp³-hybridized carbons (Fsp3) is 0.400. The van der Waals surface area contributed by atoms with Crippen molar-refractivity contribution < 1.29 is 4.39 Å². The van der Waals surface area contributed by atoms with E-state index < -0.39 is 0 Å². The SMILES string of the molecule is FCCn1[c]n[c]c1. The van der Waals surface area contributed by atoms with E-state index >= 15 is 0 Å². The van der Waals surface area contributed by atoms with E-state index in [1.54, 1.807) is 6.20 Å².